The summed E-state index contributed by atoms with van der Waals surface area (Å²) in [5.41, 5.74) is -0.0197. The molecule has 0 radical (unpaired) electrons. The highest BCUT2D eigenvalue weighted by atomic mass is 16.3. The minimum Gasteiger partial charge on any atom is -0.466 e. The van der Waals surface area contributed by atoms with Crippen molar-refractivity contribution in [2.75, 3.05) is 6.54 Å². The van der Waals surface area contributed by atoms with Crippen molar-refractivity contribution in [3.63, 3.8) is 0 Å². The first-order valence-corrected chi connectivity index (χ1v) is 5.12. The summed E-state index contributed by atoms with van der Waals surface area (Å²) in [4.78, 5) is 11.8. The summed E-state index contributed by atoms with van der Waals surface area (Å²) in [6, 6.07) is 3.83. The van der Waals surface area contributed by atoms with Crippen LogP contribution in [0.1, 0.15) is 35.7 Å². The number of aryl methyl sites for hydroxylation is 2. The first-order chi connectivity index (χ1) is 7.35. The molecule has 1 aromatic rings. The monoisotopic (exact) mass is 220 g/mol. The van der Waals surface area contributed by atoms with Gasteiger partial charge in [-0.25, -0.2) is 0 Å². The molecule has 4 heteroatoms. The second kappa shape index (κ2) is 4.40. The summed E-state index contributed by atoms with van der Waals surface area (Å²) in [6.45, 7) is 7.42. The van der Waals surface area contributed by atoms with Gasteiger partial charge in [0.15, 0.2) is 0 Å². The highest BCUT2D eigenvalue weighted by Gasteiger charge is 2.20. The zero-order valence-corrected chi connectivity index (χ0v) is 10.0. The van der Waals surface area contributed by atoms with Crippen LogP contribution in [0.15, 0.2) is 10.5 Å². The van der Waals surface area contributed by atoms with Crippen molar-refractivity contribution in [3.8, 4) is 6.07 Å². The molecule has 1 heterocycles. The normalized spacial score (nSPS) is 10.9. The van der Waals surface area contributed by atoms with E-state index in [-0.39, 0.29) is 5.91 Å². The molecule has 1 aromatic heterocycles. The molecule has 0 aromatic carbocycles. The molecule has 0 aliphatic rings. The van der Waals surface area contributed by atoms with E-state index in [4.69, 9.17) is 9.68 Å². The summed E-state index contributed by atoms with van der Waals surface area (Å²) in [5, 5.41) is 11.5. The average molecular weight is 220 g/mol. The van der Waals surface area contributed by atoms with E-state index in [0.29, 0.717) is 23.6 Å². The van der Waals surface area contributed by atoms with Crippen molar-refractivity contribution < 1.29 is 9.21 Å². The van der Waals surface area contributed by atoms with Crippen molar-refractivity contribution in [1.82, 2.24) is 5.32 Å². The number of hydrogen-bond acceptors (Lipinski definition) is 3. The van der Waals surface area contributed by atoms with Gasteiger partial charge in [-0.3, -0.25) is 4.79 Å². The van der Waals surface area contributed by atoms with Crippen molar-refractivity contribution in [1.29, 1.82) is 5.26 Å². The molecular formula is C12H16N2O2. The molecule has 0 atom stereocenters. The van der Waals surface area contributed by atoms with E-state index in [2.05, 4.69) is 11.4 Å². The summed E-state index contributed by atoms with van der Waals surface area (Å²) >= 11 is 0. The molecule has 1 N–H and O–H groups in total. The smallest absolute Gasteiger partial charge is 0.254 e. The largest absolute Gasteiger partial charge is 0.466 e. The molecule has 1 rings (SSSR count). The van der Waals surface area contributed by atoms with Crippen LogP contribution in [0, 0.1) is 30.6 Å². The van der Waals surface area contributed by atoms with E-state index >= 15 is 0 Å². The summed E-state index contributed by atoms with van der Waals surface area (Å²) in [5.74, 6) is 1.12. The van der Waals surface area contributed by atoms with E-state index in [9.17, 15) is 4.79 Å². The van der Waals surface area contributed by atoms with E-state index in [1.54, 1.807) is 33.8 Å². The molecule has 0 bridgehead atoms. The second-order valence-corrected chi connectivity index (χ2v) is 4.51. The van der Waals surface area contributed by atoms with Crippen molar-refractivity contribution in [2.45, 2.75) is 27.7 Å². The Kier molecular flexibility index (Phi) is 3.38. The number of carbonyl (C=O) groups is 1. The first-order valence-electron chi connectivity index (χ1n) is 5.12. The molecule has 0 aliphatic heterocycles. The third-order valence-electron chi connectivity index (χ3n) is 2.28. The van der Waals surface area contributed by atoms with Gasteiger partial charge in [-0.2, -0.15) is 5.26 Å². The number of hydrogen-bond donors (Lipinski definition) is 1. The second-order valence-electron chi connectivity index (χ2n) is 4.51. The standard InChI is InChI=1S/C12H16N2O2/c1-8-5-10(9(2)16-8)11(15)14-7-12(3,4)6-13/h5H,7H2,1-4H3,(H,14,15). The van der Waals surface area contributed by atoms with Gasteiger partial charge in [0.1, 0.15) is 11.5 Å². The highest BCUT2D eigenvalue weighted by molar-refractivity contribution is 5.95. The Labute approximate surface area is 95.2 Å². The molecule has 0 saturated carbocycles. The zero-order valence-electron chi connectivity index (χ0n) is 10.0. The third-order valence-corrected chi connectivity index (χ3v) is 2.28. The Balaban J connectivity index is 2.68. The van der Waals surface area contributed by atoms with Crippen LogP contribution < -0.4 is 5.32 Å². The van der Waals surface area contributed by atoms with Crippen LogP contribution in [0.2, 0.25) is 0 Å². The Morgan fingerprint density at radius 3 is 2.62 bits per heavy atom. The van der Waals surface area contributed by atoms with Gasteiger partial charge in [-0.1, -0.05) is 0 Å². The fourth-order valence-electron chi connectivity index (χ4n) is 1.29. The molecule has 0 spiro atoms. The van der Waals surface area contributed by atoms with Gasteiger partial charge in [-0.05, 0) is 33.8 Å². The van der Waals surface area contributed by atoms with Crippen LogP contribution in [0.25, 0.3) is 0 Å². The van der Waals surface area contributed by atoms with E-state index in [1.165, 1.54) is 0 Å². The minimum atomic E-state index is -0.553. The number of nitrogens with zero attached hydrogens (tertiary/aromatic N) is 1. The van der Waals surface area contributed by atoms with Crippen LogP contribution >= 0.6 is 0 Å². The van der Waals surface area contributed by atoms with Gasteiger partial charge in [0.2, 0.25) is 0 Å². The Morgan fingerprint density at radius 2 is 2.19 bits per heavy atom. The molecule has 16 heavy (non-hydrogen) atoms. The van der Waals surface area contributed by atoms with Gasteiger partial charge in [-0.15, -0.1) is 0 Å². The fourth-order valence-corrected chi connectivity index (χ4v) is 1.29. The maximum Gasteiger partial charge on any atom is 0.254 e. The molecule has 86 valence electrons. The van der Waals surface area contributed by atoms with Gasteiger partial charge in [0.25, 0.3) is 5.91 Å². The van der Waals surface area contributed by atoms with Crippen LogP contribution in [0.3, 0.4) is 0 Å². The molecule has 0 aliphatic carbocycles. The van der Waals surface area contributed by atoms with Crippen molar-refractivity contribution in [3.05, 3.63) is 23.2 Å². The minimum absolute atomic E-state index is 0.197. The van der Waals surface area contributed by atoms with E-state index in [1.807, 2.05) is 0 Å². The summed E-state index contributed by atoms with van der Waals surface area (Å²) < 4.78 is 5.27. The molecule has 4 nitrogen and oxygen atoms in total. The van der Waals surface area contributed by atoms with Gasteiger partial charge in [0, 0.05) is 6.54 Å². The lowest BCUT2D eigenvalue weighted by molar-refractivity contribution is 0.0942. The van der Waals surface area contributed by atoms with Crippen LogP contribution in [0.4, 0.5) is 0 Å². The molecule has 0 saturated heterocycles. The topological polar surface area (TPSA) is 66.0 Å². The van der Waals surface area contributed by atoms with Crippen molar-refractivity contribution in [2.24, 2.45) is 5.41 Å². The van der Waals surface area contributed by atoms with Gasteiger partial charge in [0.05, 0.1) is 17.0 Å². The molecular weight excluding hydrogens is 204 g/mol. The highest BCUT2D eigenvalue weighted by Crippen LogP contribution is 2.15. The summed E-state index contributed by atoms with van der Waals surface area (Å²) in [7, 11) is 0. The Hall–Kier alpha value is -1.76. The number of nitriles is 1. The maximum absolute atomic E-state index is 11.8. The maximum atomic E-state index is 11.8. The number of nitrogens with one attached hydrogen (secondary N) is 1. The van der Waals surface area contributed by atoms with Crippen molar-refractivity contribution >= 4 is 5.91 Å². The van der Waals surface area contributed by atoms with E-state index < -0.39 is 5.41 Å². The number of amides is 1. The predicted octanol–water partition coefficient (Wildman–Crippen LogP) is 2.18. The Morgan fingerprint density at radius 1 is 1.56 bits per heavy atom. The lowest BCUT2D eigenvalue weighted by atomic mass is 9.96. The molecule has 0 fully saturated rings. The SMILES string of the molecule is Cc1cc(C(=O)NCC(C)(C)C#N)c(C)o1. The predicted molar refractivity (Wildman–Crippen MR) is 59.9 cm³/mol. The quantitative estimate of drug-likeness (QED) is 0.849. The molecule has 1 amide bonds. The number of rotatable bonds is 3. The zero-order chi connectivity index (χ0) is 12.3. The third kappa shape index (κ3) is 2.86. The van der Waals surface area contributed by atoms with Crippen LogP contribution in [-0.2, 0) is 0 Å². The Bertz CT molecular complexity index is 438. The van der Waals surface area contributed by atoms with Crippen LogP contribution in [-0.4, -0.2) is 12.5 Å². The summed E-state index contributed by atoms with van der Waals surface area (Å²) in [6.07, 6.45) is 0. The van der Waals surface area contributed by atoms with Gasteiger partial charge < -0.3 is 9.73 Å². The average Bonchev–Trinajstić information content (AvgIpc) is 2.54. The fraction of sp³-hybridized carbons (Fsp3) is 0.500. The van der Waals surface area contributed by atoms with E-state index in [0.717, 1.165) is 0 Å². The van der Waals surface area contributed by atoms with Gasteiger partial charge >= 0.3 is 0 Å². The first kappa shape index (κ1) is 12.3. The van der Waals surface area contributed by atoms with Crippen LogP contribution in [0.5, 0.6) is 0 Å². The molecule has 0 unspecified atom stereocenters. The lowest BCUT2D eigenvalue weighted by Gasteiger charge is -2.15. The lowest BCUT2D eigenvalue weighted by Crippen LogP contribution is -2.33. The number of furan rings is 1. The number of carbonyl (C=O) groups excluding carboxylic acids is 1.